The van der Waals surface area contributed by atoms with Gasteiger partial charge in [-0.2, -0.15) is 0 Å². The summed E-state index contributed by atoms with van der Waals surface area (Å²) in [6.07, 6.45) is 6.53. The van der Waals surface area contributed by atoms with E-state index in [-0.39, 0.29) is 0 Å². The van der Waals surface area contributed by atoms with E-state index in [1.165, 1.54) is 45.3 Å². The lowest BCUT2D eigenvalue weighted by atomic mass is 10.0. The summed E-state index contributed by atoms with van der Waals surface area (Å²) in [4.78, 5) is 2.56. The molecular weight excluding hydrogens is 220 g/mol. The van der Waals surface area contributed by atoms with Crippen LogP contribution in [0.2, 0.25) is 0 Å². The van der Waals surface area contributed by atoms with Crippen molar-refractivity contribution in [3.63, 3.8) is 0 Å². The van der Waals surface area contributed by atoms with Gasteiger partial charge in [-0.05, 0) is 51.2 Å². The summed E-state index contributed by atoms with van der Waals surface area (Å²) in [6, 6.07) is 0. The number of nitrogens with one attached hydrogen (secondary N) is 1. The second kappa shape index (κ2) is 9.26. The molecule has 1 unspecified atom stereocenters. The predicted octanol–water partition coefficient (Wildman–Crippen LogP) is 2.72. The molecule has 96 valence electrons. The highest BCUT2D eigenvalue weighted by molar-refractivity contribution is 6.17. The van der Waals surface area contributed by atoms with Crippen LogP contribution < -0.4 is 5.32 Å². The molecule has 3 heteroatoms. The van der Waals surface area contributed by atoms with Crippen LogP contribution in [0.5, 0.6) is 0 Å². The first-order chi connectivity index (χ1) is 7.86. The van der Waals surface area contributed by atoms with Crippen molar-refractivity contribution in [3.8, 4) is 0 Å². The Balaban J connectivity index is 1.98. The Hall–Kier alpha value is 0.210. The molecule has 0 radical (unpaired) electrons. The molecule has 1 aliphatic rings. The van der Waals surface area contributed by atoms with Gasteiger partial charge in [0.05, 0.1) is 0 Å². The maximum atomic E-state index is 5.81. The van der Waals surface area contributed by atoms with Gasteiger partial charge in [0.1, 0.15) is 0 Å². The fourth-order valence-corrected chi connectivity index (χ4v) is 2.77. The van der Waals surface area contributed by atoms with Crippen molar-refractivity contribution < 1.29 is 0 Å². The molecule has 1 N–H and O–H groups in total. The summed E-state index contributed by atoms with van der Waals surface area (Å²) in [5.74, 6) is 1.58. The van der Waals surface area contributed by atoms with E-state index >= 15 is 0 Å². The lowest BCUT2D eigenvalue weighted by Crippen LogP contribution is -2.32. The third kappa shape index (κ3) is 6.07. The molecule has 16 heavy (non-hydrogen) atoms. The van der Waals surface area contributed by atoms with Crippen LogP contribution in [0.25, 0.3) is 0 Å². The van der Waals surface area contributed by atoms with Crippen LogP contribution in [0.3, 0.4) is 0 Å². The number of likely N-dealkylation sites (tertiary alicyclic amines) is 1. The monoisotopic (exact) mass is 246 g/mol. The van der Waals surface area contributed by atoms with Gasteiger partial charge in [-0.15, -0.1) is 11.6 Å². The standard InChI is InChI=1S/C13H27ClN2/c1-2-5-13(6-7-14)12-15-8-11-16-9-3-4-10-16/h13,15H,2-12H2,1H3. The van der Waals surface area contributed by atoms with Gasteiger partial charge >= 0.3 is 0 Å². The van der Waals surface area contributed by atoms with Crippen LogP contribution >= 0.6 is 11.6 Å². The van der Waals surface area contributed by atoms with Gasteiger partial charge in [0.15, 0.2) is 0 Å². The predicted molar refractivity (Wildman–Crippen MR) is 72.3 cm³/mol. The fourth-order valence-electron chi connectivity index (χ4n) is 2.46. The average Bonchev–Trinajstić information content (AvgIpc) is 2.78. The summed E-state index contributed by atoms with van der Waals surface area (Å²) < 4.78 is 0. The Bertz CT molecular complexity index is 152. The lowest BCUT2D eigenvalue weighted by molar-refractivity contribution is 0.327. The highest BCUT2D eigenvalue weighted by Gasteiger charge is 2.11. The number of hydrogen-bond donors (Lipinski definition) is 1. The van der Waals surface area contributed by atoms with Gasteiger partial charge < -0.3 is 10.2 Å². The highest BCUT2D eigenvalue weighted by atomic mass is 35.5. The molecular formula is C13H27ClN2. The molecule has 1 atom stereocenters. The van der Waals surface area contributed by atoms with E-state index in [0.717, 1.165) is 31.3 Å². The second-order valence-electron chi connectivity index (χ2n) is 4.89. The van der Waals surface area contributed by atoms with Crippen LogP contribution in [0.4, 0.5) is 0 Å². The average molecular weight is 247 g/mol. The van der Waals surface area contributed by atoms with E-state index in [4.69, 9.17) is 11.6 Å². The minimum Gasteiger partial charge on any atom is -0.315 e. The molecule has 1 aliphatic heterocycles. The molecule has 0 spiro atoms. The minimum absolute atomic E-state index is 0.779. The van der Waals surface area contributed by atoms with Crippen LogP contribution in [-0.2, 0) is 0 Å². The molecule has 0 amide bonds. The van der Waals surface area contributed by atoms with Gasteiger partial charge in [0, 0.05) is 19.0 Å². The molecule has 0 bridgehead atoms. The number of halogens is 1. The van der Waals surface area contributed by atoms with Gasteiger partial charge in [0.25, 0.3) is 0 Å². The zero-order valence-corrected chi connectivity index (χ0v) is 11.4. The van der Waals surface area contributed by atoms with Crippen molar-refractivity contribution in [1.29, 1.82) is 0 Å². The Kier molecular flexibility index (Phi) is 8.26. The molecule has 0 aromatic rings. The van der Waals surface area contributed by atoms with Gasteiger partial charge in [-0.3, -0.25) is 0 Å². The van der Waals surface area contributed by atoms with Gasteiger partial charge in [-0.1, -0.05) is 13.3 Å². The third-order valence-electron chi connectivity index (χ3n) is 3.45. The van der Waals surface area contributed by atoms with Crippen molar-refractivity contribution in [2.45, 2.75) is 39.0 Å². The highest BCUT2D eigenvalue weighted by Crippen LogP contribution is 2.11. The summed E-state index contributed by atoms with van der Waals surface area (Å²) in [5.41, 5.74) is 0. The lowest BCUT2D eigenvalue weighted by Gasteiger charge is -2.18. The Morgan fingerprint density at radius 1 is 1.25 bits per heavy atom. The first kappa shape index (κ1) is 14.3. The summed E-state index contributed by atoms with van der Waals surface area (Å²) in [5, 5.41) is 3.58. The smallest absolute Gasteiger partial charge is 0.0226 e. The van der Waals surface area contributed by atoms with Crippen LogP contribution in [0.1, 0.15) is 39.0 Å². The number of hydrogen-bond acceptors (Lipinski definition) is 2. The molecule has 0 aliphatic carbocycles. The zero-order valence-electron chi connectivity index (χ0n) is 10.7. The molecule has 1 fully saturated rings. The first-order valence-corrected chi connectivity index (χ1v) is 7.39. The fraction of sp³-hybridized carbons (Fsp3) is 1.00. The third-order valence-corrected chi connectivity index (χ3v) is 3.67. The van der Waals surface area contributed by atoms with E-state index in [1.807, 2.05) is 0 Å². The molecule has 0 aromatic carbocycles. The maximum Gasteiger partial charge on any atom is 0.0226 e. The summed E-state index contributed by atoms with van der Waals surface area (Å²) in [7, 11) is 0. The molecule has 1 saturated heterocycles. The van der Waals surface area contributed by atoms with Crippen molar-refractivity contribution in [3.05, 3.63) is 0 Å². The van der Waals surface area contributed by atoms with E-state index in [1.54, 1.807) is 0 Å². The van der Waals surface area contributed by atoms with Crippen LogP contribution in [0.15, 0.2) is 0 Å². The van der Waals surface area contributed by atoms with E-state index in [9.17, 15) is 0 Å². The molecule has 2 nitrogen and oxygen atoms in total. The molecule has 0 aromatic heterocycles. The van der Waals surface area contributed by atoms with Crippen molar-refractivity contribution >= 4 is 11.6 Å². The Labute approximate surface area is 106 Å². The van der Waals surface area contributed by atoms with Gasteiger partial charge in [-0.25, -0.2) is 0 Å². The van der Waals surface area contributed by atoms with E-state index in [0.29, 0.717) is 0 Å². The summed E-state index contributed by atoms with van der Waals surface area (Å²) >= 11 is 5.81. The molecule has 0 saturated carbocycles. The first-order valence-electron chi connectivity index (χ1n) is 6.85. The normalized spacial score (nSPS) is 19.1. The maximum absolute atomic E-state index is 5.81. The molecule has 1 rings (SSSR count). The quantitative estimate of drug-likeness (QED) is 0.497. The molecule has 1 heterocycles. The van der Waals surface area contributed by atoms with Crippen molar-refractivity contribution in [2.75, 3.05) is 38.6 Å². The SMILES string of the molecule is CCCC(CCCl)CNCCN1CCCC1. The Morgan fingerprint density at radius 3 is 2.62 bits per heavy atom. The number of nitrogens with zero attached hydrogens (tertiary/aromatic N) is 1. The minimum atomic E-state index is 0.779. The number of alkyl halides is 1. The summed E-state index contributed by atoms with van der Waals surface area (Å²) in [6.45, 7) is 8.38. The number of rotatable bonds is 9. The van der Waals surface area contributed by atoms with Crippen molar-refractivity contribution in [1.82, 2.24) is 10.2 Å². The largest absolute Gasteiger partial charge is 0.315 e. The van der Waals surface area contributed by atoms with Gasteiger partial charge in [0.2, 0.25) is 0 Å². The zero-order chi connectivity index (χ0) is 11.6. The van der Waals surface area contributed by atoms with Crippen LogP contribution in [-0.4, -0.2) is 43.5 Å². The van der Waals surface area contributed by atoms with E-state index in [2.05, 4.69) is 17.1 Å². The van der Waals surface area contributed by atoms with E-state index < -0.39 is 0 Å². The topological polar surface area (TPSA) is 15.3 Å². The van der Waals surface area contributed by atoms with Crippen molar-refractivity contribution in [2.24, 2.45) is 5.92 Å². The second-order valence-corrected chi connectivity index (χ2v) is 5.26. The Morgan fingerprint density at radius 2 is 2.00 bits per heavy atom. The van der Waals surface area contributed by atoms with Crippen LogP contribution in [0, 0.1) is 5.92 Å².